The number of nitrogens with zero attached hydrogens (tertiary/aromatic N) is 1. The predicted octanol–water partition coefficient (Wildman–Crippen LogP) is 5.22. The van der Waals surface area contributed by atoms with Crippen molar-refractivity contribution in [2.45, 2.75) is 31.4 Å². The Bertz CT molecular complexity index is 1560. The first-order valence-corrected chi connectivity index (χ1v) is 13.4. The molecule has 0 spiro atoms. The summed E-state index contributed by atoms with van der Waals surface area (Å²) in [4.78, 5) is 26.5. The van der Waals surface area contributed by atoms with Crippen LogP contribution in [0.2, 0.25) is 5.02 Å². The van der Waals surface area contributed by atoms with Gasteiger partial charge in [-0.25, -0.2) is 0 Å². The van der Waals surface area contributed by atoms with Crippen LogP contribution in [0.5, 0.6) is 11.5 Å². The van der Waals surface area contributed by atoms with Crippen molar-refractivity contribution >= 4 is 34.3 Å². The largest absolute Gasteiger partial charge is 0.493 e. The van der Waals surface area contributed by atoms with Gasteiger partial charge < -0.3 is 18.8 Å². The fraction of sp³-hybridized carbons (Fsp3) is 0.290. The molecule has 3 aromatic carbocycles. The number of carbonyl (C=O) groups excluding carboxylic acids is 2. The zero-order valence-corrected chi connectivity index (χ0v) is 22.5. The first kappa shape index (κ1) is 25.5. The molecule has 3 atom stereocenters. The van der Waals surface area contributed by atoms with E-state index in [2.05, 4.69) is 9.88 Å². The number of imide groups is 1. The Morgan fingerprint density at radius 1 is 0.974 bits per heavy atom. The van der Waals surface area contributed by atoms with Crippen LogP contribution >= 0.6 is 11.6 Å². The van der Waals surface area contributed by atoms with Crippen molar-refractivity contribution in [2.75, 3.05) is 20.8 Å². The summed E-state index contributed by atoms with van der Waals surface area (Å²) in [5, 5.41) is 4.07. The van der Waals surface area contributed by atoms with Crippen LogP contribution in [0.4, 0.5) is 0 Å². The van der Waals surface area contributed by atoms with E-state index in [1.54, 1.807) is 14.2 Å². The lowest BCUT2D eigenvalue weighted by Gasteiger charge is -2.33. The van der Waals surface area contributed by atoms with Crippen LogP contribution in [0.25, 0.3) is 10.9 Å². The van der Waals surface area contributed by atoms with Crippen molar-refractivity contribution < 1.29 is 23.8 Å². The Morgan fingerprint density at radius 2 is 1.74 bits per heavy atom. The molecule has 4 aromatic rings. The molecular weight excluding hydrogens is 516 g/mol. The molecule has 6 rings (SSSR count). The summed E-state index contributed by atoms with van der Waals surface area (Å²) in [5.74, 6) is -0.789. The minimum absolute atomic E-state index is 0.246. The molecule has 1 aliphatic heterocycles. The minimum Gasteiger partial charge on any atom is -0.493 e. The van der Waals surface area contributed by atoms with E-state index in [-0.39, 0.29) is 17.7 Å². The first-order valence-electron chi connectivity index (χ1n) is 13.0. The zero-order chi connectivity index (χ0) is 27.1. The van der Waals surface area contributed by atoms with Gasteiger partial charge in [0.2, 0.25) is 11.8 Å². The number of nitrogens with one attached hydrogen (secondary N) is 1. The van der Waals surface area contributed by atoms with Crippen molar-refractivity contribution in [2.24, 2.45) is 5.92 Å². The van der Waals surface area contributed by atoms with Crippen LogP contribution < -0.4 is 14.8 Å². The van der Waals surface area contributed by atoms with E-state index in [0.29, 0.717) is 42.7 Å². The van der Waals surface area contributed by atoms with Gasteiger partial charge in [0.1, 0.15) is 6.61 Å². The van der Waals surface area contributed by atoms with Gasteiger partial charge in [0, 0.05) is 41.7 Å². The maximum Gasteiger partial charge on any atom is 0.235 e. The molecular formula is C31H29ClN2O5. The number of methoxy groups -OCH3 is 2. The van der Waals surface area contributed by atoms with E-state index in [0.717, 1.165) is 33.3 Å². The van der Waals surface area contributed by atoms with Gasteiger partial charge in [0.25, 0.3) is 0 Å². The number of halogens is 1. The molecule has 2 aliphatic rings. The molecule has 1 N–H and O–H groups in total. The second kappa shape index (κ2) is 10.4. The normalized spacial score (nSPS) is 20.0. The fourth-order valence-corrected chi connectivity index (χ4v) is 6.46. The third kappa shape index (κ3) is 4.36. The minimum atomic E-state index is -0.630. The van der Waals surface area contributed by atoms with Gasteiger partial charge in [-0.2, -0.15) is 0 Å². The molecule has 1 fully saturated rings. The molecule has 1 aliphatic carbocycles. The number of hydrogen-bond donors (Lipinski definition) is 1. The van der Waals surface area contributed by atoms with E-state index < -0.39 is 11.8 Å². The van der Waals surface area contributed by atoms with Gasteiger partial charge in [-0.3, -0.25) is 14.9 Å². The van der Waals surface area contributed by atoms with Crippen LogP contribution in [-0.4, -0.2) is 37.2 Å². The lowest BCUT2D eigenvalue weighted by molar-refractivity contribution is -0.126. The summed E-state index contributed by atoms with van der Waals surface area (Å²) in [5.41, 5.74) is 4.69. The number of fused-ring (bicyclic) bond motifs is 5. The van der Waals surface area contributed by atoms with Crippen LogP contribution in [0, 0.1) is 5.92 Å². The topological polar surface area (TPSA) is 78.8 Å². The fourth-order valence-electron chi connectivity index (χ4n) is 6.18. The van der Waals surface area contributed by atoms with Crippen molar-refractivity contribution in [3.05, 3.63) is 94.1 Å². The monoisotopic (exact) mass is 544 g/mol. The summed E-state index contributed by atoms with van der Waals surface area (Å²) < 4.78 is 19.6. The molecule has 0 bridgehead atoms. The highest BCUT2D eigenvalue weighted by Gasteiger charge is 2.52. The molecule has 1 saturated heterocycles. The third-order valence-corrected chi connectivity index (χ3v) is 8.25. The predicted molar refractivity (Wildman–Crippen MR) is 148 cm³/mol. The molecule has 0 saturated carbocycles. The second-order valence-corrected chi connectivity index (χ2v) is 10.4. The second-order valence-electron chi connectivity index (χ2n) is 9.99. The molecule has 2 amide bonds. The molecule has 0 radical (unpaired) electrons. The van der Waals surface area contributed by atoms with Gasteiger partial charge in [0.05, 0.1) is 31.1 Å². The number of ether oxygens (including phenoxy) is 3. The van der Waals surface area contributed by atoms with E-state index in [1.807, 2.05) is 66.7 Å². The smallest absolute Gasteiger partial charge is 0.235 e. The summed E-state index contributed by atoms with van der Waals surface area (Å²) in [6, 6.07) is 21.4. The number of rotatable bonds is 8. The standard InChI is InChI=1S/C31H29ClN2O5/c1-37-13-12-34-23-16-26(39-17-18-8-4-3-5-9-18)25(38-2)15-21(23)27-24(34)14-20(19-10-6-7-11-22(19)32)28-29(27)31(36)33-30(28)35/h3-11,15-16,20,28-29H,12-14,17H2,1-2H3,(H,33,35,36). The van der Waals surface area contributed by atoms with Crippen LogP contribution in [-0.2, 0) is 33.9 Å². The Hall–Kier alpha value is -3.81. The van der Waals surface area contributed by atoms with Crippen molar-refractivity contribution in [1.29, 1.82) is 0 Å². The number of amides is 2. The molecule has 8 heteroatoms. The maximum atomic E-state index is 13.3. The molecule has 3 unspecified atom stereocenters. The van der Waals surface area contributed by atoms with Gasteiger partial charge in [-0.1, -0.05) is 60.1 Å². The molecule has 2 heterocycles. The summed E-state index contributed by atoms with van der Waals surface area (Å²) in [7, 11) is 3.27. The van der Waals surface area contributed by atoms with Gasteiger partial charge in [-0.05, 0) is 35.2 Å². The Morgan fingerprint density at radius 3 is 2.49 bits per heavy atom. The van der Waals surface area contributed by atoms with E-state index in [1.165, 1.54) is 0 Å². The maximum absolute atomic E-state index is 13.3. The van der Waals surface area contributed by atoms with Gasteiger partial charge in [-0.15, -0.1) is 0 Å². The Balaban J connectivity index is 1.53. The van der Waals surface area contributed by atoms with Crippen molar-refractivity contribution in [3.8, 4) is 11.5 Å². The van der Waals surface area contributed by atoms with Crippen LogP contribution in [0.15, 0.2) is 66.7 Å². The number of benzene rings is 3. The molecule has 7 nitrogen and oxygen atoms in total. The first-order chi connectivity index (χ1) is 19.0. The highest BCUT2D eigenvalue weighted by Crippen LogP contribution is 2.52. The number of hydrogen-bond acceptors (Lipinski definition) is 5. The third-order valence-electron chi connectivity index (χ3n) is 7.91. The Labute approximate surface area is 231 Å². The molecule has 39 heavy (non-hydrogen) atoms. The van der Waals surface area contributed by atoms with Crippen LogP contribution in [0.3, 0.4) is 0 Å². The highest BCUT2D eigenvalue weighted by molar-refractivity contribution is 6.31. The summed E-state index contributed by atoms with van der Waals surface area (Å²) >= 11 is 6.63. The van der Waals surface area contributed by atoms with E-state index in [9.17, 15) is 9.59 Å². The van der Waals surface area contributed by atoms with Crippen molar-refractivity contribution in [1.82, 2.24) is 9.88 Å². The lowest BCUT2D eigenvalue weighted by atomic mass is 9.69. The van der Waals surface area contributed by atoms with E-state index in [4.69, 9.17) is 25.8 Å². The highest BCUT2D eigenvalue weighted by atomic mass is 35.5. The molecule has 200 valence electrons. The number of carbonyl (C=O) groups is 2. The SMILES string of the molecule is COCCn1c2c(c3cc(OC)c(OCc4ccccc4)cc31)C1C(=O)NC(=O)C1C(c1ccccc1Cl)C2. The van der Waals surface area contributed by atoms with Gasteiger partial charge >= 0.3 is 0 Å². The van der Waals surface area contributed by atoms with Crippen molar-refractivity contribution in [3.63, 3.8) is 0 Å². The molecule has 1 aromatic heterocycles. The Kier molecular flexibility index (Phi) is 6.79. The zero-order valence-electron chi connectivity index (χ0n) is 21.8. The lowest BCUT2D eigenvalue weighted by Crippen LogP contribution is -2.32. The quantitative estimate of drug-likeness (QED) is 0.308. The summed E-state index contributed by atoms with van der Waals surface area (Å²) in [6.07, 6.45) is 0.557. The summed E-state index contributed by atoms with van der Waals surface area (Å²) in [6.45, 7) is 1.45. The van der Waals surface area contributed by atoms with E-state index >= 15 is 0 Å². The average Bonchev–Trinajstić information content (AvgIpc) is 3.42. The van der Waals surface area contributed by atoms with Crippen LogP contribution in [0.1, 0.15) is 34.2 Å². The number of aromatic nitrogens is 1. The van der Waals surface area contributed by atoms with Gasteiger partial charge in [0.15, 0.2) is 11.5 Å². The average molecular weight is 545 g/mol.